The monoisotopic (exact) mass is 642 g/mol. The number of aryl methyl sites for hydroxylation is 2. The lowest BCUT2D eigenvalue weighted by molar-refractivity contribution is 0.741. The van der Waals surface area contributed by atoms with Crippen molar-refractivity contribution in [2.75, 3.05) is 0 Å². The highest BCUT2D eigenvalue weighted by Crippen LogP contribution is 2.57. The van der Waals surface area contributed by atoms with E-state index in [-0.39, 0.29) is 0 Å². The van der Waals surface area contributed by atoms with Crippen molar-refractivity contribution in [1.29, 1.82) is 0 Å². The van der Waals surface area contributed by atoms with E-state index in [1.54, 1.807) is 0 Å². The molecule has 1 aliphatic carbocycles. The summed E-state index contributed by atoms with van der Waals surface area (Å²) in [5.74, 6) is 0.945. The molecule has 0 aliphatic heterocycles. The molecule has 9 rings (SSSR count). The van der Waals surface area contributed by atoms with Crippen LogP contribution in [-0.2, 0) is 18.3 Å². The molecule has 2 nitrogen and oxygen atoms in total. The van der Waals surface area contributed by atoms with Crippen LogP contribution in [0.2, 0.25) is 0 Å². The van der Waals surface area contributed by atoms with E-state index < -0.39 is 5.41 Å². The lowest BCUT2D eigenvalue weighted by Gasteiger charge is -2.37. The van der Waals surface area contributed by atoms with Gasteiger partial charge in [-0.25, -0.2) is 4.98 Å². The van der Waals surface area contributed by atoms with Gasteiger partial charge in [-0.3, -0.25) is 4.57 Å². The molecule has 7 aromatic carbocycles. The van der Waals surface area contributed by atoms with E-state index in [1.807, 2.05) is 0 Å². The smallest absolute Gasteiger partial charge is 0.145 e. The van der Waals surface area contributed by atoms with Crippen molar-refractivity contribution < 1.29 is 0 Å². The van der Waals surface area contributed by atoms with Crippen LogP contribution in [0.3, 0.4) is 0 Å². The molecule has 0 radical (unpaired) electrons. The van der Waals surface area contributed by atoms with Crippen molar-refractivity contribution in [2.24, 2.45) is 0 Å². The van der Waals surface area contributed by atoms with Crippen molar-refractivity contribution in [2.45, 2.75) is 32.1 Å². The third-order valence-electron chi connectivity index (χ3n) is 10.7. The van der Waals surface area contributed by atoms with Crippen molar-refractivity contribution in [3.05, 3.63) is 203 Å². The first kappa shape index (κ1) is 30.1. The van der Waals surface area contributed by atoms with Crippen molar-refractivity contribution in [3.8, 4) is 39.3 Å². The van der Waals surface area contributed by atoms with Crippen LogP contribution in [0.15, 0.2) is 170 Å². The zero-order valence-electron chi connectivity index (χ0n) is 28.5. The summed E-state index contributed by atoms with van der Waals surface area (Å²) in [5, 5.41) is 0. The maximum atomic E-state index is 5.12. The standard InChI is InChI=1S/C48H38N2/c1-3-33-17-8-11-24-41(33)48(42-25-12-9-22-39(42)40-23-10-13-26-43(40)48)44-32-37(30-29-34(44)4-2)36-20-16-21-38(31-36)50-46-28-15-14-27-45(46)49-47(50)35-18-6-5-7-19-35/h5-32H,3-4H2,1-2H3. The SMILES string of the molecule is CCc1ccccc1C1(c2cc(-c3cccc(-n4c(-c5ccccc5)nc5ccccc54)c3)ccc2CC)c2ccccc2-c2ccccc21. The van der Waals surface area contributed by atoms with Gasteiger partial charge in [-0.05, 0) is 98.8 Å². The molecule has 0 saturated carbocycles. The molecule has 0 amide bonds. The molecule has 0 bridgehead atoms. The molecule has 1 aliphatic rings. The van der Waals surface area contributed by atoms with Gasteiger partial charge in [0.15, 0.2) is 0 Å². The minimum absolute atomic E-state index is 0.445. The third kappa shape index (κ3) is 4.52. The van der Waals surface area contributed by atoms with Crippen molar-refractivity contribution >= 4 is 11.0 Å². The zero-order valence-corrected chi connectivity index (χ0v) is 28.5. The summed E-state index contributed by atoms with van der Waals surface area (Å²) in [6.07, 6.45) is 1.91. The molecular formula is C48H38N2. The number of aromatic nitrogens is 2. The van der Waals surface area contributed by atoms with Gasteiger partial charge in [0, 0.05) is 11.3 Å². The molecule has 0 spiro atoms. The predicted octanol–water partition coefficient (Wildman–Crippen LogP) is 11.8. The molecular weight excluding hydrogens is 605 g/mol. The van der Waals surface area contributed by atoms with Crippen LogP contribution in [0.25, 0.3) is 50.4 Å². The van der Waals surface area contributed by atoms with Crippen LogP contribution < -0.4 is 0 Å². The minimum atomic E-state index is -0.445. The van der Waals surface area contributed by atoms with Crippen LogP contribution in [0, 0.1) is 0 Å². The highest BCUT2D eigenvalue weighted by atomic mass is 15.1. The van der Waals surface area contributed by atoms with E-state index in [0.717, 1.165) is 41.0 Å². The highest BCUT2D eigenvalue weighted by Gasteiger charge is 2.47. The largest absolute Gasteiger partial charge is 0.292 e. The number of imidazole rings is 1. The van der Waals surface area contributed by atoms with Gasteiger partial charge in [-0.15, -0.1) is 0 Å². The number of fused-ring (bicyclic) bond motifs is 4. The van der Waals surface area contributed by atoms with Crippen LogP contribution in [0.5, 0.6) is 0 Å². The number of nitrogens with zero attached hydrogens (tertiary/aromatic N) is 2. The maximum Gasteiger partial charge on any atom is 0.145 e. The second kappa shape index (κ2) is 12.2. The van der Waals surface area contributed by atoms with Gasteiger partial charge in [0.25, 0.3) is 0 Å². The normalized spacial score (nSPS) is 12.9. The Morgan fingerprint density at radius 3 is 1.78 bits per heavy atom. The number of hydrogen-bond donors (Lipinski definition) is 0. The molecule has 50 heavy (non-hydrogen) atoms. The summed E-state index contributed by atoms with van der Waals surface area (Å²) in [5.41, 5.74) is 17.1. The van der Waals surface area contributed by atoms with Gasteiger partial charge in [0.2, 0.25) is 0 Å². The summed E-state index contributed by atoms with van der Waals surface area (Å²) in [4.78, 5) is 5.12. The lowest BCUT2D eigenvalue weighted by Crippen LogP contribution is -2.31. The van der Waals surface area contributed by atoms with Gasteiger partial charge >= 0.3 is 0 Å². The average Bonchev–Trinajstić information content (AvgIpc) is 3.73. The van der Waals surface area contributed by atoms with E-state index in [1.165, 1.54) is 55.6 Å². The van der Waals surface area contributed by atoms with Crippen LogP contribution in [0.1, 0.15) is 47.2 Å². The molecule has 1 heterocycles. The summed E-state index contributed by atoms with van der Waals surface area (Å²) in [6.45, 7) is 4.58. The van der Waals surface area contributed by atoms with Crippen molar-refractivity contribution in [3.63, 3.8) is 0 Å². The van der Waals surface area contributed by atoms with E-state index in [4.69, 9.17) is 4.98 Å². The summed E-state index contributed by atoms with van der Waals surface area (Å²) in [7, 11) is 0. The Morgan fingerprint density at radius 2 is 1.04 bits per heavy atom. The zero-order chi connectivity index (χ0) is 33.7. The minimum Gasteiger partial charge on any atom is -0.292 e. The molecule has 2 heteroatoms. The Kier molecular flexibility index (Phi) is 7.32. The Labute approximate surface area is 294 Å². The Balaban J connectivity index is 1.30. The second-order valence-electron chi connectivity index (χ2n) is 13.3. The fourth-order valence-electron chi connectivity index (χ4n) is 8.46. The van der Waals surface area contributed by atoms with Crippen molar-refractivity contribution in [1.82, 2.24) is 9.55 Å². The molecule has 0 unspecified atom stereocenters. The first-order valence-corrected chi connectivity index (χ1v) is 17.8. The first-order chi connectivity index (χ1) is 24.7. The first-order valence-electron chi connectivity index (χ1n) is 17.8. The topological polar surface area (TPSA) is 17.8 Å². The Morgan fingerprint density at radius 1 is 0.460 bits per heavy atom. The fourth-order valence-corrected chi connectivity index (χ4v) is 8.46. The van der Waals surface area contributed by atoms with E-state index in [0.29, 0.717) is 0 Å². The lowest BCUT2D eigenvalue weighted by atomic mass is 9.64. The number of para-hydroxylation sites is 2. The van der Waals surface area contributed by atoms with E-state index in [9.17, 15) is 0 Å². The molecule has 0 fully saturated rings. The van der Waals surface area contributed by atoms with Gasteiger partial charge in [-0.2, -0.15) is 0 Å². The second-order valence-corrected chi connectivity index (χ2v) is 13.3. The average molecular weight is 643 g/mol. The molecule has 1 aromatic heterocycles. The molecule has 0 saturated heterocycles. The third-order valence-corrected chi connectivity index (χ3v) is 10.7. The van der Waals surface area contributed by atoms with E-state index in [2.05, 4.69) is 188 Å². The molecule has 8 aromatic rings. The molecule has 0 atom stereocenters. The van der Waals surface area contributed by atoms with Crippen LogP contribution in [-0.4, -0.2) is 9.55 Å². The molecule has 240 valence electrons. The Hall–Kier alpha value is -5.99. The number of benzene rings is 7. The Bertz CT molecular complexity index is 2470. The van der Waals surface area contributed by atoms with Gasteiger partial charge in [-0.1, -0.05) is 153 Å². The quantitative estimate of drug-likeness (QED) is 0.169. The van der Waals surface area contributed by atoms with Gasteiger partial charge < -0.3 is 0 Å². The number of rotatable bonds is 7. The predicted molar refractivity (Wildman–Crippen MR) is 208 cm³/mol. The van der Waals surface area contributed by atoms with E-state index >= 15 is 0 Å². The summed E-state index contributed by atoms with van der Waals surface area (Å²) in [6, 6.07) is 62.3. The molecule has 0 N–H and O–H groups in total. The van der Waals surface area contributed by atoms with Gasteiger partial charge in [0.1, 0.15) is 5.82 Å². The summed E-state index contributed by atoms with van der Waals surface area (Å²) >= 11 is 0. The van der Waals surface area contributed by atoms with Gasteiger partial charge in [0.05, 0.1) is 16.4 Å². The van der Waals surface area contributed by atoms with Crippen LogP contribution in [0.4, 0.5) is 0 Å². The number of hydrogen-bond acceptors (Lipinski definition) is 1. The highest BCUT2D eigenvalue weighted by molar-refractivity contribution is 5.88. The fraction of sp³-hybridized carbons (Fsp3) is 0.104. The maximum absolute atomic E-state index is 5.12. The van der Waals surface area contributed by atoms with Crippen LogP contribution >= 0.6 is 0 Å². The summed E-state index contributed by atoms with van der Waals surface area (Å²) < 4.78 is 2.30.